The van der Waals surface area contributed by atoms with Crippen molar-refractivity contribution in [2.45, 2.75) is 35.4 Å². The molecule has 9 nitrogen and oxygen atoms in total. The third-order valence-electron chi connectivity index (χ3n) is 9.15. The number of anilines is 1. The molecule has 43 heavy (non-hydrogen) atoms. The van der Waals surface area contributed by atoms with E-state index in [-0.39, 0.29) is 40.1 Å². The highest BCUT2D eigenvalue weighted by molar-refractivity contribution is 9.10. The fourth-order valence-corrected chi connectivity index (χ4v) is 9.03. The Balaban J connectivity index is 1.51. The van der Waals surface area contributed by atoms with E-state index in [1.54, 1.807) is 30.3 Å². The van der Waals surface area contributed by atoms with Crippen LogP contribution in [0.4, 0.5) is 5.69 Å². The van der Waals surface area contributed by atoms with Crippen molar-refractivity contribution in [3.63, 3.8) is 0 Å². The molecular weight excluding hydrogens is 731 g/mol. The summed E-state index contributed by atoms with van der Waals surface area (Å²) in [7, 11) is 1.37. The summed E-state index contributed by atoms with van der Waals surface area (Å²) in [5.41, 5.74) is 1.68. The van der Waals surface area contributed by atoms with Gasteiger partial charge in [-0.05, 0) is 83.6 Å². The Morgan fingerprint density at radius 2 is 1.74 bits per heavy atom. The van der Waals surface area contributed by atoms with Gasteiger partial charge in [0, 0.05) is 11.5 Å². The molecule has 2 aliphatic heterocycles. The highest BCUT2D eigenvalue weighted by Crippen LogP contribution is 2.66. The van der Waals surface area contributed by atoms with Crippen LogP contribution < -0.4 is 9.64 Å². The second-order valence-corrected chi connectivity index (χ2v) is 13.8. The Morgan fingerprint density at radius 1 is 1.07 bits per heavy atom. The van der Waals surface area contributed by atoms with Crippen molar-refractivity contribution in [2.24, 2.45) is 17.8 Å². The van der Waals surface area contributed by atoms with Crippen LogP contribution in [0.25, 0.3) is 0 Å². The molecule has 2 saturated heterocycles. The number of methoxy groups -OCH3 is 1. The summed E-state index contributed by atoms with van der Waals surface area (Å²) < 4.78 is 5.63. The lowest BCUT2D eigenvalue weighted by Crippen LogP contribution is -2.60. The predicted octanol–water partition coefficient (Wildman–Crippen LogP) is 5.28. The monoisotopic (exact) mass is 752 g/mol. The van der Waals surface area contributed by atoms with Gasteiger partial charge in [0.25, 0.3) is 11.8 Å². The average Bonchev–Trinajstić information content (AvgIpc) is 3.32. The Hall–Kier alpha value is -2.73. The summed E-state index contributed by atoms with van der Waals surface area (Å²) in [4.78, 5) is 65.5. The van der Waals surface area contributed by atoms with Gasteiger partial charge in [0.05, 0.1) is 34.6 Å². The van der Waals surface area contributed by atoms with Gasteiger partial charge in [-0.1, -0.05) is 27.6 Å². The van der Waals surface area contributed by atoms with Crippen molar-refractivity contribution in [2.75, 3.05) is 17.5 Å². The number of imide groups is 2. The minimum atomic E-state index is -1.98. The lowest BCUT2D eigenvalue weighted by molar-refractivity contribution is -0.138. The van der Waals surface area contributed by atoms with Crippen LogP contribution in [-0.4, -0.2) is 61.7 Å². The zero-order valence-corrected chi connectivity index (χ0v) is 27.5. The van der Waals surface area contributed by atoms with E-state index >= 15 is 0 Å². The standard InChI is InChI=1S/C30H24Br2Cl2N2O7/c1-13(37)14-3-5-16(6-4-14)36-25(39)18-8-7-17-19(22(18)26(36)40)11-29(33)27(41)35(12-31)28(42)30(29,34)23(17)15-9-20(32)24(38)21(10-15)43-2/h3-7,9-10,18-19,22-23,38H,8,11-12H2,1-2H3/t18-,19+,22-,23-,29+,30-/m0/s1. The molecule has 1 saturated carbocycles. The Labute approximate surface area is 273 Å². The van der Waals surface area contributed by atoms with Crippen LogP contribution >= 0.6 is 55.1 Å². The maximum atomic E-state index is 14.1. The number of allylic oxidation sites excluding steroid dienone is 2. The number of hydrogen-bond donors (Lipinski definition) is 1. The first kappa shape index (κ1) is 30.3. The van der Waals surface area contributed by atoms with E-state index in [2.05, 4.69) is 31.9 Å². The number of phenolic OH excluding ortho intramolecular Hbond substituents is 1. The topological polar surface area (TPSA) is 121 Å². The summed E-state index contributed by atoms with van der Waals surface area (Å²) in [6, 6.07) is 9.34. The molecule has 224 valence electrons. The maximum absolute atomic E-state index is 14.1. The van der Waals surface area contributed by atoms with Gasteiger partial charge in [0.2, 0.25) is 11.8 Å². The second-order valence-electron chi connectivity index (χ2n) is 11.2. The molecule has 13 heteroatoms. The number of alkyl halides is 3. The molecule has 6 rings (SSSR count). The van der Waals surface area contributed by atoms with Crippen LogP contribution in [0.3, 0.4) is 0 Å². The number of benzene rings is 2. The van der Waals surface area contributed by atoms with E-state index in [1.165, 1.54) is 20.1 Å². The van der Waals surface area contributed by atoms with Crippen LogP contribution in [0.5, 0.6) is 11.5 Å². The minimum Gasteiger partial charge on any atom is -0.503 e. The lowest BCUT2D eigenvalue weighted by atomic mass is 9.56. The summed E-state index contributed by atoms with van der Waals surface area (Å²) >= 11 is 21.0. The fraction of sp³-hybridized carbons (Fsp3) is 0.367. The number of carbonyl (C=O) groups excluding carboxylic acids is 5. The number of likely N-dealkylation sites (tertiary alicyclic amines) is 1. The van der Waals surface area contributed by atoms with Gasteiger partial charge >= 0.3 is 0 Å². The highest BCUT2D eigenvalue weighted by atomic mass is 79.9. The van der Waals surface area contributed by atoms with E-state index in [0.29, 0.717) is 22.4 Å². The Bertz CT molecular complexity index is 1660. The number of amides is 4. The van der Waals surface area contributed by atoms with Crippen molar-refractivity contribution in [1.82, 2.24) is 4.90 Å². The van der Waals surface area contributed by atoms with Crippen LogP contribution in [0.2, 0.25) is 0 Å². The normalized spacial score (nSPS) is 31.5. The van der Waals surface area contributed by atoms with E-state index in [0.717, 1.165) is 9.80 Å². The van der Waals surface area contributed by atoms with E-state index in [9.17, 15) is 29.1 Å². The molecule has 0 bridgehead atoms. The van der Waals surface area contributed by atoms with Gasteiger partial charge in [-0.25, -0.2) is 0 Å². The molecule has 0 radical (unpaired) electrons. The Morgan fingerprint density at radius 3 is 2.35 bits per heavy atom. The summed E-state index contributed by atoms with van der Waals surface area (Å²) in [6.45, 7) is 1.43. The molecule has 3 fully saturated rings. The van der Waals surface area contributed by atoms with Gasteiger partial charge in [0.1, 0.15) is 0 Å². The molecule has 4 amide bonds. The summed E-state index contributed by atoms with van der Waals surface area (Å²) in [5, 5.41) is 10.5. The molecule has 6 atom stereocenters. The van der Waals surface area contributed by atoms with Crippen molar-refractivity contribution in [1.29, 1.82) is 0 Å². The number of aromatic hydroxyl groups is 1. The molecular formula is C30H24Br2Cl2N2O7. The molecule has 0 aromatic heterocycles. The molecule has 4 aliphatic rings. The highest BCUT2D eigenvalue weighted by Gasteiger charge is 2.76. The predicted molar refractivity (Wildman–Crippen MR) is 165 cm³/mol. The average molecular weight is 755 g/mol. The number of hydrogen-bond acceptors (Lipinski definition) is 7. The first-order valence-electron chi connectivity index (χ1n) is 13.4. The summed E-state index contributed by atoms with van der Waals surface area (Å²) in [5.74, 6) is -5.78. The fourth-order valence-electron chi connectivity index (χ4n) is 7.14. The van der Waals surface area contributed by atoms with E-state index < -0.39 is 57.0 Å². The number of Topliss-reactive ketones (excluding diaryl/α,β-unsaturated/α-hetero) is 1. The third-order valence-corrected chi connectivity index (χ3v) is 11.7. The third kappa shape index (κ3) is 4.04. The first-order valence-corrected chi connectivity index (χ1v) is 16.0. The van der Waals surface area contributed by atoms with Crippen molar-refractivity contribution >= 4 is 90.2 Å². The van der Waals surface area contributed by atoms with Gasteiger partial charge in [-0.2, -0.15) is 0 Å². The van der Waals surface area contributed by atoms with Crippen LogP contribution in [0.15, 0.2) is 52.5 Å². The molecule has 0 unspecified atom stereocenters. The number of halogens is 4. The molecule has 1 N–H and O–H groups in total. The molecule has 2 heterocycles. The number of carbonyl (C=O) groups is 5. The van der Waals surface area contributed by atoms with Gasteiger partial charge in [0.15, 0.2) is 27.0 Å². The number of nitrogens with zero attached hydrogens (tertiary/aromatic N) is 2. The van der Waals surface area contributed by atoms with E-state index in [1.807, 2.05) is 6.08 Å². The first-order chi connectivity index (χ1) is 20.3. The maximum Gasteiger partial charge on any atom is 0.254 e. The van der Waals surface area contributed by atoms with E-state index in [4.69, 9.17) is 27.9 Å². The molecule has 2 aliphatic carbocycles. The quantitative estimate of drug-likeness (QED) is 0.145. The van der Waals surface area contributed by atoms with Gasteiger partial charge in [-0.15, -0.1) is 23.2 Å². The summed E-state index contributed by atoms with van der Waals surface area (Å²) in [6.07, 6.45) is 1.87. The van der Waals surface area contributed by atoms with Crippen molar-refractivity contribution in [3.05, 3.63) is 63.6 Å². The number of ketones is 1. The number of fused-ring (bicyclic) bond motifs is 4. The van der Waals surface area contributed by atoms with Crippen LogP contribution in [0, 0.1) is 17.8 Å². The second kappa shape index (κ2) is 10.4. The SMILES string of the molecule is COc1cc([C@H]2C3=CC[C@@H]4C(=O)N(c5ccc(C(C)=O)cc5)C(=O)[C@@H]4[C@@H]3C[C@@]3(Cl)C(=O)N(CBr)C(=O)[C@@]23Cl)cc(Br)c1O. The number of phenols is 1. The Kier molecular flexibility index (Phi) is 7.35. The minimum absolute atomic E-state index is 0.0997. The van der Waals surface area contributed by atoms with Gasteiger partial charge in [-0.3, -0.25) is 33.8 Å². The zero-order valence-electron chi connectivity index (χ0n) is 22.8. The van der Waals surface area contributed by atoms with Crippen LogP contribution in [-0.2, 0) is 19.2 Å². The van der Waals surface area contributed by atoms with Gasteiger partial charge < -0.3 is 9.84 Å². The van der Waals surface area contributed by atoms with Crippen molar-refractivity contribution < 1.29 is 33.8 Å². The molecule has 0 spiro atoms. The van der Waals surface area contributed by atoms with Crippen molar-refractivity contribution in [3.8, 4) is 11.5 Å². The van der Waals surface area contributed by atoms with Crippen LogP contribution in [0.1, 0.15) is 41.6 Å². The zero-order chi connectivity index (χ0) is 31.2. The largest absolute Gasteiger partial charge is 0.503 e. The smallest absolute Gasteiger partial charge is 0.254 e. The lowest BCUT2D eigenvalue weighted by Gasteiger charge is -2.50. The molecule has 2 aromatic carbocycles. The number of rotatable bonds is 5. The number of ether oxygens (including phenoxy) is 1. The molecule has 2 aromatic rings.